The molecule has 1 aliphatic carbocycles. The average molecular weight is 295 g/mol. The fourth-order valence-corrected chi connectivity index (χ4v) is 4.33. The molecule has 1 saturated heterocycles. The maximum atomic E-state index is 11.5. The Kier molecular flexibility index (Phi) is 3.40. The number of nitrogen functional groups attached to an aromatic ring is 1. The van der Waals surface area contributed by atoms with Crippen molar-refractivity contribution >= 4 is 15.5 Å². The summed E-state index contributed by atoms with van der Waals surface area (Å²) in [5.74, 6) is 1.66. The van der Waals surface area contributed by atoms with E-state index in [1.807, 2.05) is 19.1 Å². The number of hydrogen-bond donors (Lipinski definition) is 1. The molecule has 1 aromatic rings. The number of benzene rings is 1. The van der Waals surface area contributed by atoms with Gasteiger partial charge < -0.3 is 10.5 Å². The summed E-state index contributed by atoms with van der Waals surface area (Å²) >= 11 is 0. The number of hydrogen-bond acceptors (Lipinski definition) is 4. The molecular formula is C15H21NO3S. The highest BCUT2D eigenvalue weighted by Gasteiger charge is 2.28. The predicted octanol–water partition coefficient (Wildman–Crippen LogP) is 2.41. The molecule has 1 heterocycles. The van der Waals surface area contributed by atoms with Gasteiger partial charge in [0.15, 0.2) is 0 Å². The van der Waals surface area contributed by atoms with Crippen LogP contribution in [0, 0.1) is 6.92 Å². The molecule has 3 rings (SSSR count). The number of rotatable bonds is 3. The number of ether oxygens (including phenoxy) is 1. The molecular weight excluding hydrogens is 274 g/mol. The Morgan fingerprint density at radius 2 is 1.80 bits per heavy atom. The largest absolute Gasteiger partial charge is 0.488 e. The molecule has 0 unspecified atom stereocenters. The van der Waals surface area contributed by atoms with E-state index in [1.54, 1.807) is 0 Å². The van der Waals surface area contributed by atoms with Crippen molar-refractivity contribution in [3.8, 4) is 5.75 Å². The van der Waals surface area contributed by atoms with Gasteiger partial charge in [-0.05, 0) is 61.8 Å². The van der Waals surface area contributed by atoms with Crippen LogP contribution in [0.4, 0.5) is 5.69 Å². The van der Waals surface area contributed by atoms with Gasteiger partial charge in [0, 0.05) is 0 Å². The van der Waals surface area contributed by atoms with Gasteiger partial charge in [0.2, 0.25) is 0 Å². The summed E-state index contributed by atoms with van der Waals surface area (Å²) in [6.45, 7) is 2.04. The van der Waals surface area contributed by atoms with Gasteiger partial charge in [-0.2, -0.15) is 0 Å². The van der Waals surface area contributed by atoms with Crippen LogP contribution >= 0.6 is 0 Å². The quantitative estimate of drug-likeness (QED) is 0.869. The van der Waals surface area contributed by atoms with Gasteiger partial charge in [-0.3, -0.25) is 0 Å². The first kappa shape index (κ1) is 13.7. The highest BCUT2D eigenvalue weighted by molar-refractivity contribution is 7.91. The van der Waals surface area contributed by atoms with E-state index in [1.165, 1.54) is 5.56 Å². The van der Waals surface area contributed by atoms with Gasteiger partial charge in [-0.15, -0.1) is 0 Å². The molecule has 110 valence electrons. The molecule has 2 fully saturated rings. The second-order valence-corrected chi connectivity index (χ2v) is 8.29. The van der Waals surface area contributed by atoms with Crippen LogP contribution in [0.2, 0.25) is 0 Å². The topological polar surface area (TPSA) is 69.4 Å². The fourth-order valence-electron chi connectivity index (χ4n) is 2.83. The summed E-state index contributed by atoms with van der Waals surface area (Å²) in [7, 11) is -2.82. The summed E-state index contributed by atoms with van der Waals surface area (Å²) in [5.41, 5.74) is 9.03. The molecule has 5 heteroatoms. The minimum Gasteiger partial charge on any atom is -0.488 e. The highest BCUT2D eigenvalue weighted by Crippen LogP contribution is 2.38. The number of aryl methyl sites for hydroxylation is 1. The Labute approximate surface area is 120 Å². The third-order valence-electron chi connectivity index (χ3n) is 4.21. The van der Waals surface area contributed by atoms with Crippen molar-refractivity contribution < 1.29 is 13.2 Å². The van der Waals surface area contributed by atoms with E-state index in [2.05, 4.69) is 0 Å². The second-order valence-electron chi connectivity index (χ2n) is 5.99. The Morgan fingerprint density at radius 3 is 2.40 bits per heavy atom. The van der Waals surface area contributed by atoms with Crippen molar-refractivity contribution in [3.63, 3.8) is 0 Å². The maximum absolute atomic E-state index is 11.5. The lowest BCUT2D eigenvalue weighted by molar-refractivity contribution is 0.304. The summed E-state index contributed by atoms with van der Waals surface area (Å²) in [5, 5.41) is 0. The third kappa shape index (κ3) is 2.92. The molecule has 2 N–H and O–H groups in total. The lowest BCUT2D eigenvalue weighted by Crippen LogP contribution is -2.22. The smallest absolute Gasteiger partial charge is 0.150 e. The van der Waals surface area contributed by atoms with Crippen LogP contribution in [-0.2, 0) is 9.84 Å². The van der Waals surface area contributed by atoms with Gasteiger partial charge in [0.1, 0.15) is 15.6 Å². The van der Waals surface area contributed by atoms with E-state index in [4.69, 9.17) is 10.5 Å². The first-order chi connectivity index (χ1) is 9.44. The fraction of sp³-hybridized carbons (Fsp3) is 0.600. The Balaban J connectivity index is 1.84. The Bertz CT molecular complexity index is 606. The van der Waals surface area contributed by atoms with Crippen molar-refractivity contribution in [2.24, 2.45) is 0 Å². The summed E-state index contributed by atoms with van der Waals surface area (Å²) in [4.78, 5) is 0. The van der Waals surface area contributed by atoms with Crippen LogP contribution < -0.4 is 10.5 Å². The third-order valence-corrected chi connectivity index (χ3v) is 5.93. The van der Waals surface area contributed by atoms with Gasteiger partial charge in [0.05, 0.1) is 23.3 Å². The van der Waals surface area contributed by atoms with Crippen LogP contribution in [0.5, 0.6) is 5.75 Å². The van der Waals surface area contributed by atoms with Crippen LogP contribution in [0.1, 0.15) is 42.7 Å². The highest BCUT2D eigenvalue weighted by atomic mass is 32.2. The van der Waals surface area contributed by atoms with Crippen LogP contribution in [-0.4, -0.2) is 26.0 Å². The lowest BCUT2D eigenvalue weighted by Gasteiger charge is -2.25. The minimum atomic E-state index is -2.82. The molecule has 1 aromatic carbocycles. The zero-order valence-corrected chi connectivity index (χ0v) is 12.6. The van der Waals surface area contributed by atoms with Crippen molar-refractivity contribution in [2.45, 2.75) is 44.6 Å². The Morgan fingerprint density at radius 1 is 1.15 bits per heavy atom. The second kappa shape index (κ2) is 4.95. The van der Waals surface area contributed by atoms with E-state index < -0.39 is 9.84 Å². The molecule has 2 aliphatic rings. The molecule has 1 aliphatic heterocycles. The predicted molar refractivity (Wildman–Crippen MR) is 79.9 cm³/mol. The molecule has 4 nitrogen and oxygen atoms in total. The monoisotopic (exact) mass is 295 g/mol. The van der Waals surface area contributed by atoms with Crippen molar-refractivity contribution in [1.82, 2.24) is 0 Å². The van der Waals surface area contributed by atoms with Crippen LogP contribution in [0.15, 0.2) is 12.1 Å². The van der Waals surface area contributed by atoms with Gasteiger partial charge >= 0.3 is 0 Å². The van der Waals surface area contributed by atoms with E-state index in [-0.39, 0.29) is 0 Å². The Hall–Kier alpha value is -1.23. The van der Waals surface area contributed by atoms with E-state index in [0.717, 1.165) is 24.2 Å². The molecule has 0 spiro atoms. The normalized spacial score (nSPS) is 22.6. The van der Waals surface area contributed by atoms with E-state index in [9.17, 15) is 8.42 Å². The lowest BCUT2D eigenvalue weighted by atomic mass is 9.89. The zero-order chi connectivity index (χ0) is 14.3. The van der Waals surface area contributed by atoms with Crippen LogP contribution in [0.3, 0.4) is 0 Å². The molecule has 0 radical (unpaired) electrons. The average Bonchev–Trinajstić information content (AvgIpc) is 3.17. The first-order valence-electron chi connectivity index (χ1n) is 7.22. The number of anilines is 1. The minimum absolute atomic E-state index is 0.292. The molecule has 0 amide bonds. The SMILES string of the molecule is Cc1cc(N)c(OC2CC2)cc1C1CCS(=O)(=O)CC1. The molecule has 0 aromatic heterocycles. The zero-order valence-electron chi connectivity index (χ0n) is 11.8. The van der Waals surface area contributed by atoms with Gasteiger partial charge in [0.25, 0.3) is 0 Å². The first-order valence-corrected chi connectivity index (χ1v) is 9.04. The summed E-state index contributed by atoms with van der Waals surface area (Å²) in [6.07, 6.45) is 3.93. The van der Waals surface area contributed by atoms with E-state index >= 15 is 0 Å². The maximum Gasteiger partial charge on any atom is 0.150 e. The molecule has 1 saturated carbocycles. The number of nitrogens with two attached hydrogens (primary N) is 1. The number of sulfone groups is 1. The molecule has 0 atom stereocenters. The van der Waals surface area contributed by atoms with Gasteiger partial charge in [-0.1, -0.05) is 0 Å². The van der Waals surface area contributed by atoms with Gasteiger partial charge in [-0.25, -0.2) is 8.42 Å². The van der Waals surface area contributed by atoms with Crippen molar-refractivity contribution in [3.05, 3.63) is 23.3 Å². The van der Waals surface area contributed by atoms with Crippen LogP contribution in [0.25, 0.3) is 0 Å². The van der Waals surface area contributed by atoms with Crippen molar-refractivity contribution in [1.29, 1.82) is 0 Å². The summed E-state index contributed by atoms with van der Waals surface area (Å²) in [6, 6.07) is 3.99. The standard InChI is InChI=1S/C15H21NO3S/c1-10-8-14(16)15(19-12-2-3-12)9-13(10)11-4-6-20(17,18)7-5-11/h8-9,11-12H,2-7,16H2,1H3. The van der Waals surface area contributed by atoms with E-state index in [0.29, 0.717) is 42.1 Å². The molecule has 0 bridgehead atoms. The van der Waals surface area contributed by atoms with Crippen molar-refractivity contribution in [2.75, 3.05) is 17.2 Å². The summed E-state index contributed by atoms with van der Waals surface area (Å²) < 4.78 is 28.9. The molecule has 20 heavy (non-hydrogen) atoms.